The van der Waals surface area contributed by atoms with Crippen LogP contribution >= 0.6 is 11.6 Å². The van der Waals surface area contributed by atoms with Crippen molar-refractivity contribution in [2.75, 3.05) is 0 Å². The van der Waals surface area contributed by atoms with Crippen molar-refractivity contribution < 1.29 is 27.1 Å². The summed E-state index contributed by atoms with van der Waals surface area (Å²) < 4.78 is 53.4. The molecule has 0 bridgehead atoms. The van der Waals surface area contributed by atoms with Gasteiger partial charge in [-0.25, -0.2) is 8.78 Å². The number of hydrogen-bond donors (Lipinski definition) is 0. The second kappa shape index (κ2) is 6.04. The van der Waals surface area contributed by atoms with E-state index in [-0.39, 0.29) is 11.3 Å². The zero-order valence-electron chi connectivity index (χ0n) is 9.17. The molecule has 100 valence electrons. The van der Waals surface area contributed by atoms with Gasteiger partial charge in [0.25, 0.3) is 6.43 Å². The molecule has 1 unspecified atom stereocenters. The largest absolute Gasteiger partial charge is 0.435 e. The third-order valence-electron chi connectivity index (χ3n) is 2.15. The van der Waals surface area contributed by atoms with Crippen LogP contribution in [-0.2, 0) is 4.79 Å². The average Bonchev–Trinajstić information content (AvgIpc) is 2.26. The number of halogens is 5. The van der Waals surface area contributed by atoms with E-state index < -0.39 is 29.8 Å². The number of hydrogen-bond acceptors (Lipinski definition) is 2. The van der Waals surface area contributed by atoms with Crippen molar-refractivity contribution in [3.8, 4) is 5.75 Å². The first-order chi connectivity index (χ1) is 8.32. The molecule has 7 heteroatoms. The van der Waals surface area contributed by atoms with Crippen LogP contribution in [0.3, 0.4) is 0 Å². The topological polar surface area (TPSA) is 26.3 Å². The molecule has 0 aliphatic heterocycles. The number of rotatable bonds is 5. The maximum Gasteiger partial charge on any atom is 0.387 e. The van der Waals surface area contributed by atoms with Crippen LogP contribution in [0.2, 0.25) is 0 Å². The van der Waals surface area contributed by atoms with E-state index in [1.165, 1.54) is 0 Å². The Kier molecular flexibility index (Phi) is 4.95. The lowest BCUT2D eigenvalue weighted by Gasteiger charge is -2.14. The molecule has 0 aliphatic rings. The smallest absolute Gasteiger partial charge is 0.387 e. The van der Waals surface area contributed by atoms with E-state index in [1.54, 1.807) is 0 Å². The van der Waals surface area contributed by atoms with Crippen LogP contribution in [0.25, 0.3) is 0 Å². The van der Waals surface area contributed by atoms with Gasteiger partial charge in [-0.3, -0.25) is 4.79 Å². The first-order valence-electron chi connectivity index (χ1n) is 4.84. The first kappa shape index (κ1) is 14.8. The number of alkyl halides is 5. The molecule has 18 heavy (non-hydrogen) atoms. The fourth-order valence-corrected chi connectivity index (χ4v) is 1.56. The van der Waals surface area contributed by atoms with E-state index in [2.05, 4.69) is 4.74 Å². The lowest BCUT2D eigenvalue weighted by atomic mass is 10.0. The zero-order valence-corrected chi connectivity index (χ0v) is 9.93. The molecule has 0 N–H and O–H groups in total. The van der Waals surface area contributed by atoms with Crippen molar-refractivity contribution in [1.82, 2.24) is 0 Å². The van der Waals surface area contributed by atoms with E-state index in [9.17, 15) is 22.4 Å². The van der Waals surface area contributed by atoms with Crippen molar-refractivity contribution in [2.24, 2.45) is 0 Å². The highest BCUT2D eigenvalue weighted by Crippen LogP contribution is 2.34. The Morgan fingerprint density at radius 3 is 2.28 bits per heavy atom. The molecule has 1 rings (SSSR count). The molecule has 0 aliphatic carbocycles. The molecule has 0 spiro atoms. The summed E-state index contributed by atoms with van der Waals surface area (Å²) in [5.74, 6) is -0.885. The van der Waals surface area contributed by atoms with E-state index in [1.807, 2.05) is 0 Å². The summed E-state index contributed by atoms with van der Waals surface area (Å²) in [5, 5.41) is -1.32. The van der Waals surface area contributed by atoms with Gasteiger partial charge in [0.15, 0.2) is 5.78 Å². The normalized spacial score (nSPS) is 12.9. The maximum atomic E-state index is 12.7. The van der Waals surface area contributed by atoms with Crippen molar-refractivity contribution in [1.29, 1.82) is 0 Å². The van der Waals surface area contributed by atoms with Crippen LogP contribution in [0.1, 0.15) is 29.9 Å². The quantitative estimate of drug-likeness (QED) is 0.601. The average molecular weight is 285 g/mol. The van der Waals surface area contributed by atoms with Gasteiger partial charge in [0.05, 0.1) is 0 Å². The third kappa shape index (κ3) is 3.60. The molecular formula is C11H9ClF4O2. The summed E-state index contributed by atoms with van der Waals surface area (Å²) in [4.78, 5) is 11.1. The summed E-state index contributed by atoms with van der Waals surface area (Å²) >= 11 is 5.67. The molecule has 0 radical (unpaired) electrons. The van der Waals surface area contributed by atoms with Crippen LogP contribution in [0, 0.1) is 0 Å². The molecule has 2 nitrogen and oxygen atoms in total. The molecule has 1 aromatic rings. The predicted molar refractivity (Wildman–Crippen MR) is 57.3 cm³/mol. The summed E-state index contributed by atoms with van der Waals surface area (Å²) in [6.07, 6.45) is -2.86. The minimum absolute atomic E-state index is 0.225. The summed E-state index contributed by atoms with van der Waals surface area (Å²) in [7, 11) is 0. The summed E-state index contributed by atoms with van der Waals surface area (Å²) in [5.41, 5.74) is -0.705. The first-order valence-corrected chi connectivity index (χ1v) is 5.28. The van der Waals surface area contributed by atoms with Gasteiger partial charge in [0.1, 0.15) is 11.1 Å². The van der Waals surface area contributed by atoms with Gasteiger partial charge in [-0.05, 0) is 30.7 Å². The van der Waals surface area contributed by atoms with Crippen LogP contribution in [-0.4, -0.2) is 12.4 Å². The van der Waals surface area contributed by atoms with Crippen LogP contribution < -0.4 is 4.74 Å². The SMILES string of the molecule is CC(=O)C(Cl)c1cc(OC(F)F)ccc1C(F)F. The Hall–Kier alpha value is -1.30. The Balaban J connectivity index is 3.19. The highest BCUT2D eigenvalue weighted by Gasteiger charge is 2.23. The fourth-order valence-electron chi connectivity index (χ4n) is 1.37. The van der Waals surface area contributed by atoms with Gasteiger partial charge in [-0.15, -0.1) is 11.6 Å². The second-order valence-electron chi connectivity index (χ2n) is 3.44. The highest BCUT2D eigenvalue weighted by atomic mass is 35.5. The van der Waals surface area contributed by atoms with E-state index in [0.29, 0.717) is 0 Å². The summed E-state index contributed by atoms with van der Waals surface area (Å²) in [6.45, 7) is -1.96. The molecule has 0 fully saturated rings. The minimum Gasteiger partial charge on any atom is -0.435 e. The summed E-state index contributed by atoms with van der Waals surface area (Å²) in [6, 6.07) is 2.81. The maximum absolute atomic E-state index is 12.7. The van der Waals surface area contributed by atoms with Gasteiger partial charge in [0, 0.05) is 5.56 Å². The molecule has 0 saturated carbocycles. The van der Waals surface area contributed by atoms with Crippen molar-refractivity contribution in [3.63, 3.8) is 0 Å². The van der Waals surface area contributed by atoms with Gasteiger partial charge >= 0.3 is 6.61 Å². The molecule has 0 amide bonds. The molecule has 0 aromatic heterocycles. The molecular weight excluding hydrogens is 276 g/mol. The lowest BCUT2D eigenvalue weighted by Crippen LogP contribution is -2.08. The number of Topliss-reactive ketones (excluding diaryl/α,β-unsaturated/α-hetero) is 1. The Labute approximate surface area is 105 Å². The minimum atomic E-state index is -3.08. The molecule has 1 atom stereocenters. The Morgan fingerprint density at radius 1 is 1.22 bits per heavy atom. The molecule has 1 aromatic carbocycles. The number of ether oxygens (including phenoxy) is 1. The van der Waals surface area contributed by atoms with Gasteiger partial charge in [0.2, 0.25) is 0 Å². The third-order valence-corrected chi connectivity index (χ3v) is 2.69. The van der Waals surface area contributed by atoms with Crippen molar-refractivity contribution in [2.45, 2.75) is 25.3 Å². The van der Waals surface area contributed by atoms with E-state index in [4.69, 9.17) is 11.6 Å². The molecule has 0 saturated heterocycles. The monoisotopic (exact) mass is 284 g/mol. The Morgan fingerprint density at radius 2 is 1.83 bits per heavy atom. The number of ketones is 1. The lowest BCUT2D eigenvalue weighted by molar-refractivity contribution is -0.116. The van der Waals surface area contributed by atoms with Gasteiger partial charge in [-0.2, -0.15) is 8.78 Å². The number of carbonyl (C=O) groups excluding carboxylic acids is 1. The van der Waals surface area contributed by atoms with Gasteiger partial charge in [-0.1, -0.05) is 0 Å². The van der Waals surface area contributed by atoms with Crippen LogP contribution in [0.4, 0.5) is 17.6 Å². The zero-order chi connectivity index (χ0) is 13.9. The van der Waals surface area contributed by atoms with Crippen LogP contribution in [0.5, 0.6) is 5.75 Å². The fraction of sp³-hybridized carbons (Fsp3) is 0.364. The van der Waals surface area contributed by atoms with E-state index >= 15 is 0 Å². The highest BCUT2D eigenvalue weighted by molar-refractivity contribution is 6.30. The Bertz CT molecular complexity index is 437. The molecule has 0 heterocycles. The van der Waals surface area contributed by atoms with Crippen molar-refractivity contribution in [3.05, 3.63) is 29.3 Å². The van der Waals surface area contributed by atoms with E-state index in [0.717, 1.165) is 25.1 Å². The second-order valence-corrected chi connectivity index (χ2v) is 3.88. The van der Waals surface area contributed by atoms with Crippen molar-refractivity contribution >= 4 is 17.4 Å². The van der Waals surface area contributed by atoms with Crippen LogP contribution in [0.15, 0.2) is 18.2 Å². The predicted octanol–water partition coefficient (Wildman–Crippen LogP) is 4.09. The number of carbonyl (C=O) groups is 1. The van der Waals surface area contributed by atoms with Gasteiger partial charge < -0.3 is 4.74 Å². The standard InChI is InChI=1S/C11H9ClF4O2/c1-5(17)9(12)8-4-6(18-11(15)16)2-3-7(8)10(13)14/h2-4,9-11H,1H3. The number of benzene rings is 1.